The van der Waals surface area contributed by atoms with Crippen LogP contribution in [0, 0.1) is 0 Å². The molecule has 0 aliphatic rings. The van der Waals surface area contributed by atoms with Gasteiger partial charge < -0.3 is 15.0 Å². The summed E-state index contributed by atoms with van der Waals surface area (Å²) in [4.78, 5) is 39.9. The molecule has 1 heterocycles. The summed E-state index contributed by atoms with van der Waals surface area (Å²) in [6.07, 6.45) is 3.15. The van der Waals surface area contributed by atoms with E-state index in [1.807, 2.05) is 0 Å². The van der Waals surface area contributed by atoms with Crippen LogP contribution >= 0.6 is 11.3 Å². The molecule has 118 valence electrons. The smallest absolute Gasteiger partial charge is 0.358 e. The number of anilines is 1. The van der Waals surface area contributed by atoms with Crippen molar-refractivity contribution in [3.63, 3.8) is 0 Å². The summed E-state index contributed by atoms with van der Waals surface area (Å²) >= 11 is 1.10. The third-order valence-electron chi connectivity index (χ3n) is 2.37. The van der Waals surface area contributed by atoms with Gasteiger partial charge in [-0.25, -0.2) is 9.78 Å². The Kier molecular flexibility index (Phi) is 6.97. The van der Waals surface area contributed by atoms with Crippen molar-refractivity contribution >= 4 is 34.3 Å². The zero-order valence-electron chi connectivity index (χ0n) is 12.2. The van der Waals surface area contributed by atoms with Gasteiger partial charge in [-0.2, -0.15) is 0 Å². The monoisotopic (exact) mass is 323 g/mol. The highest BCUT2D eigenvalue weighted by atomic mass is 32.1. The van der Waals surface area contributed by atoms with Gasteiger partial charge in [-0.05, 0) is 0 Å². The fourth-order valence-electron chi connectivity index (χ4n) is 1.46. The quantitative estimate of drug-likeness (QED) is 0.578. The van der Waals surface area contributed by atoms with Crippen LogP contribution in [0.5, 0.6) is 0 Å². The second kappa shape index (κ2) is 8.73. The molecule has 22 heavy (non-hydrogen) atoms. The van der Waals surface area contributed by atoms with Crippen molar-refractivity contribution < 1.29 is 19.1 Å². The maximum atomic E-state index is 11.9. The van der Waals surface area contributed by atoms with E-state index < -0.39 is 12.6 Å². The van der Waals surface area contributed by atoms with E-state index in [0.717, 1.165) is 11.3 Å². The number of hydrogen-bond donors (Lipinski definition) is 1. The van der Waals surface area contributed by atoms with Gasteiger partial charge in [-0.15, -0.1) is 24.5 Å². The first-order valence-corrected chi connectivity index (χ1v) is 7.25. The van der Waals surface area contributed by atoms with Crippen LogP contribution in [0.25, 0.3) is 0 Å². The molecule has 0 fully saturated rings. The number of rotatable bonds is 8. The molecule has 0 unspecified atom stereocenters. The Hall–Kier alpha value is -2.48. The lowest BCUT2D eigenvalue weighted by Crippen LogP contribution is -2.35. The molecule has 0 radical (unpaired) electrons. The number of thiazole rings is 1. The maximum absolute atomic E-state index is 11.9. The van der Waals surface area contributed by atoms with Gasteiger partial charge in [-0.3, -0.25) is 9.59 Å². The van der Waals surface area contributed by atoms with E-state index in [9.17, 15) is 14.4 Å². The number of aromatic nitrogens is 1. The standard InChI is InChI=1S/C14H17N3O4S/c1-4-6-17(7-5-2)12(19)8-21-13(20)11-9-22-14(16-11)15-10(3)18/h4-5,9H,1-2,6-8H2,3H3,(H,15,16,18). The van der Waals surface area contributed by atoms with Crippen molar-refractivity contribution in [3.05, 3.63) is 36.4 Å². The van der Waals surface area contributed by atoms with E-state index in [-0.39, 0.29) is 17.5 Å². The molecule has 0 atom stereocenters. The number of ether oxygens (including phenoxy) is 1. The fourth-order valence-corrected chi connectivity index (χ4v) is 2.18. The average molecular weight is 323 g/mol. The molecule has 0 spiro atoms. The highest BCUT2D eigenvalue weighted by Crippen LogP contribution is 2.15. The van der Waals surface area contributed by atoms with Crippen molar-refractivity contribution in [3.8, 4) is 0 Å². The van der Waals surface area contributed by atoms with Gasteiger partial charge in [0.15, 0.2) is 17.4 Å². The van der Waals surface area contributed by atoms with Crippen molar-refractivity contribution in [1.82, 2.24) is 9.88 Å². The lowest BCUT2D eigenvalue weighted by atomic mass is 10.4. The molecule has 0 saturated carbocycles. The van der Waals surface area contributed by atoms with Gasteiger partial charge in [0.2, 0.25) is 5.91 Å². The molecular formula is C14H17N3O4S. The molecular weight excluding hydrogens is 306 g/mol. The second-order valence-corrected chi connectivity index (χ2v) is 5.03. The normalized spacial score (nSPS) is 9.68. The predicted octanol–water partition coefficient (Wildman–Crippen LogP) is 1.46. The van der Waals surface area contributed by atoms with Crippen molar-refractivity contribution in [1.29, 1.82) is 0 Å². The number of nitrogens with one attached hydrogen (secondary N) is 1. The van der Waals surface area contributed by atoms with E-state index >= 15 is 0 Å². The zero-order chi connectivity index (χ0) is 16.5. The molecule has 0 aliphatic heterocycles. The van der Waals surface area contributed by atoms with Gasteiger partial charge in [0.25, 0.3) is 5.91 Å². The molecule has 0 saturated heterocycles. The van der Waals surface area contributed by atoms with Gasteiger partial charge in [0, 0.05) is 25.4 Å². The first-order chi connectivity index (χ1) is 10.5. The number of esters is 1. The average Bonchev–Trinajstić information content (AvgIpc) is 2.92. The molecule has 1 rings (SSSR count). The van der Waals surface area contributed by atoms with E-state index in [4.69, 9.17) is 4.74 Å². The van der Waals surface area contributed by atoms with Crippen LogP contribution < -0.4 is 5.32 Å². The summed E-state index contributed by atoms with van der Waals surface area (Å²) in [5, 5.41) is 4.20. The largest absolute Gasteiger partial charge is 0.451 e. The van der Waals surface area contributed by atoms with Crippen molar-refractivity contribution in [2.45, 2.75) is 6.92 Å². The van der Waals surface area contributed by atoms with Crippen LogP contribution in [0.3, 0.4) is 0 Å². The molecule has 7 nitrogen and oxygen atoms in total. The molecule has 1 aromatic rings. The Balaban J connectivity index is 2.55. The first-order valence-electron chi connectivity index (χ1n) is 6.37. The number of carbonyl (C=O) groups is 3. The zero-order valence-corrected chi connectivity index (χ0v) is 13.0. The van der Waals surface area contributed by atoms with E-state index in [1.165, 1.54) is 17.2 Å². The predicted molar refractivity (Wildman–Crippen MR) is 83.7 cm³/mol. The van der Waals surface area contributed by atoms with Gasteiger partial charge >= 0.3 is 5.97 Å². The number of nitrogens with zero attached hydrogens (tertiary/aromatic N) is 2. The Morgan fingerprint density at radius 3 is 2.55 bits per heavy atom. The minimum Gasteiger partial charge on any atom is -0.451 e. The van der Waals surface area contributed by atoms with E-state index in [1.54, 1.807) is 12.2 Å². The summed E-state index contributed by atoms with van der Waals surface area (Å²) in [6, 6.07) is 0. The Morgan fingerprint density at radius 1 is 1.36 bits per heavy atom. The highest BCUT2D eigenvalue weighted by molar-refractivity contribution is 7.14. The summed E-state index contributed by atoms with van der Waals surface area (Å²) in [5.74, 6) is -1.36. The molecule has 8 heteroatoms. The number of carbonyl (C=O) groups excluding carboxylic acids is 3. The third-order valence-corrected chi connectivity index (χ3v) is 3.13. The fraction of sp³-hybridized carbons (Fsp3) is 0.286. The summed E-state index contributed by atoms with van der Waals surface area (Å²) in [5.41, 5.74) is 0.0422. The molecule has 1 N–H and O–H groups in total. The van der Waals surface area contributed by atoms with Gasteiger partial charge in [0.1, 0.15) is 0 Å². The van der Waals surface area contributed by atoms with Crippen LogP contribution in [0.2, 0.25) is 0 Å². The van der Waals surface area contributed by atoms with Crippen LogP contribution in [-0.4, -0.2) is 47.4 Å². The second-order valence-electron chi connectivity index (χ2n) is 4.17. The summed E-state index contributed by atoms with van der Waals surface area (Å²) < 4.78 is 4.91. The maximum Gasteiger partial charge on any atom is 0.358 e. The van der Waals surface area contributed by atoms with E-state index in [2.05, 4.69) is 23.5 Å². The number of hydrogen-bond acceptors (Lipinski definition) is 6. The SMILES string of the molecule is C=CCN(CC=C)C(=O)COC(=O)c1csc(NC(C)=O)n1. The molecule has 2 amide bonds. The van der Waals surface area contributed by atoms with Gasteiger partial charge in [-0.1, -0.05) is 12.2 Å². The van der Waals surface area contributed by atoms with Crippen LogP contribution in [-0.2, 0) is 14.3 Å². The van der Waals surface area contributed by atoms with Crippen molar-refractivity contribution in [2.75, 3.05) is 25.0 Å². The minimum absolute atomic E-state index is 0.0422. The minimum atomic E-state index is -0.724. The lowest BCUT2D eigenvalue weighted by molar-refractivity contribution is -0.133. The highest BCUT2D eigenvalue weighted by Gasteiger charge is 2.17. The Morgan fingerprint density at radius 2 is 2.00 bits per heavy atom. The van der Waals surface area contributed by atoms with Crippen LogP contribution in [0.4, 0.5) is 5.13 Å². The third kappa shape index (κ3) is 5.49. The lowest BCUT2D eigenvalue weighted by Gasteiger charge is -2.18. The molecule has 0 aliphatic carbocycles. The molecule has 1 aromatic heterocycles. The first kappa shape index (κ1) is 17.6. The van der Waals surface area contributed by atoms with Gasteiger partial charge in [0.05, 0.1) is 0 Å². The Labute approximate surface area is 132 Å². The summed E-state index contributed by atoms with van der Waals surface area (Å²) in [6.45, 7) is 8.73. The molecule has 0 bridgehead atoms. The van der Waals surface area contributed by atoms with Crippen LogP contribution in [0.15, 0.2) is 30.7 Å². The van der Waals surface area contributed by atoms with E-state index in [0.29, 0.717) is 18.2 Å². The Bertz CT molecular complexity index is 572. The number of amides is 2. The topological polar surface area (TPSA) is 88.6 Å². The molecule has 0 aromatic carbocycles. The van der Waals surface area contributed by atoms with Crippen LogP contribution in [0.1, 0.15) is 17.4 Å². The van der Waals surface area contributed by atoms with Crippen molar-refractivity contribution in [2.24, 2.45) is 0 Å². The summed E-state index contributed by atoms with van der Waals surface area (Å²) in [7, 11) is 0.